The molecule has 1 heterocycles. The van der Waals surface area contributed by atoms with E-state index in [0.29, 0.717) is 5.69 Å². The summed E-state index contributed by atoms with van der Waals surface area (Å²) in [6, 6.07) is 3.24. The molecule has 0 aliphatic heterocycles. The van der Waals surface area contributed by atoms with Crippen LogP contribution in [-0.2, 0) is 10.0 Å². The monoisotopic (exact) mass is 286 g/mol. The van der Waals surface area contributed by atoms with Crippen LogP contribution in [0.5, 0.6) is 0 Å². The normalized spacial score (nSPS) is 13.5. The maximum atomic E-state index is 12.2. The van der Waals surface area contributed by atoms with Crippen molar-refractivity contribution >= 4 is 15.7 Å². The third kappa shape index (κ3) is 4.77. The molecule has 1 aromatic rings. The molecule has 1 unspecified atom stereocenters. The van der Waals surface area contributed by atoms with Gasteiger partial charge < -0.3 is 10.2 Å². The number of hydrogen-bond donors (Lipinski definition) is 2. The maximum absolute atomic E-state index is 12.2. The quantitative estimate of drug-likeness (QED) is 0.773. The van der Waals surface area contributed by atoms with E-state index in [1.165, 1.54) is 6.20 Å². The summed E-state index contributed by atoms with van der Waals surface area (Å²) in [5, 5.41) is 2.87. The average molecular weight is 286 g/mol. The first-order valence-electron chi connectivity index (χ1n) is 6.16. The molecule has 0 spiro atoms. The lowest BCUT2D eigenvalue weighted by Gasteiger charge is -2.17. The number of aromatic nitrogens is 1. The summed E-state index contributed by atoms with van der Waals surface area (Å²) in [4.78, 5) is 5.96. The fourth-order valence-electron chi connectivity index (χ4n) is 1.63. The Hall–Kier alpha value is -1.18. The molecule has 2 N–H and O–H groups in total. The summed E-state index contributed by atoms with van der Waals surface area (Å²) >= 11 is 0. The van der Waals surface area contributed by atoms with Crippen LogP contribution in [0.25, 0.3) is 0 Å². The van der Waals surface area contributed by atoms with Gasteiger partial charge in [-0.3, -0.25) is 0 Å². The molecule has 0 saturated carbocycles. The molecule has 0 amide bonds. The summed E-state index contributed by atoms with van der Waals surface area (Å²) in [5.41, 5.74) is 0.495. The van der Waals surface area contributed by atoms with Gasteiger partial charge in [0.1, 0.15) is 0 Å². The van der Waals surface area contributed by atoms with E-state index in [-0.39, 0.29) is 11.1 Å². The molecule has 0 saturated heterocycles. The van der Waals surface area contributed by atoms with Crippen LogP contribution in [0.15, 0.2) is 23.4 Å². The second-order valence-electron chi connectivity index (χ2n) is 4.72. The Morgan fingerprint density at radius 1 is 1.42 bits per heavy atom. The Morgan fingerprint density at radius 3 is 2.68 bits per heavy atom. The van der Waals surface area contributed by atoms with Crippen molar-refractivity contribution in [1.82, 2.24) is 14.6 Å². The lowest BCUT2D eigenvalue weighted by molar-refractivity contribution is 0.379. The zero-order valence-corrected chi connectivity index (χ0v) is 12.7. The van der Waals surface area contributed by atoms with Crippen LogP contribution in [0.3, 0.4) is 0 Å². The van der Waals surface area contributed by atoms with Crippen LogP contribution >= 0.6 is 0 Å². The van der Waals surface area contributed by atoms with Crippen molar-refractivity contribution in [3.05, 3.63) is 18.3 Å². The fraction of sp³-hybridized carbons (Fsp3) is 0.583. The third-order valence-corrected chi connectivity index (χ3v) is 4.21. The highest BCUT2D eigenvalue weighted by Gasteiger charge is 2.21. The van der Waals surface area contributed by atoms with Gasteiger partial charge in [0.05, 0.1) is 5.69 Å². The average Bonchev–Trinajstić information content (AvgIpc) is 2.35. The lowest BCUT2D eigenvalue weighted by Crippen LogP contribution is -2.35. The minimum absolute atomic E-state index is 0.0363. The molecule has 1 aromatic heterocycles. The Kier molecular flexibility index (Phi) is 5.71. The first kappa shape index (κ1) is 15.9. The fourth-order valence-corrected chi connectivity index (χ4v) is 3.05. The van der Waals surface area contributed by atoms with E-state index in [1.807, 2.05) is 25.9 Å². The second-order valence-corrected chi connectivity index (χ2v) is 6.35. The van der Waals surface area contributed by atoms with E-state index in [4.69, 9.17) is 0 Å². The second kappa shape index (κ2) is 6.83. The minimum atomic E-state index is -3.59. The Labute approximate surface area is 115 Å². The van der Waals surface area contributed by atoms with E-state index >= 15 is 0 Å². The predicted octanol–water partition coefficient (Wildman–Crippen LogP) is 0.742. The van der Waals surface area contributed by atoms with E-state index in [1.54, 1.807) is 19.2 Å². The van der Waals surface area contributed by atoms with E-state index in [9.17, 15) is 8.42 Å². The van der Waals surface area contributed by atoms with Crippen LogP contribution in [0.2, 0.25) is 0 Å². The molecule has 0 bridgehead atoms. The molecule has 0 aromatic carbocycles. The Morgan fingerprint density at radius 2 is 2.11 bits per heavy atom. The van der Waals surface area contributed by atoms with Gasteiger partial charge in [-0.15, -0.1) is 0 Å². The maximum Gasteiger partial charge on any atom is 0.260 e. The van der Waals surface area contributed by atoms with E-state index in [2.05, 4.69) is 15.0 Å². The molecule has 0 aliphatic carbocycles. The number of hydrogen-bond acceptors (Lipinski definition) is 5. The molecule has 0 fully saturated rings. The molecule has 7 heteroatoms. The molecule has 6 nitrogen and oxygen atoms in total. The molecular formula is C12H22N4O2S. The van der Waals surface area contributed by atoms with Crippen molar-refractivity contribution < 1.29 is 8.42 Å². The van der Waals surface area contributed by atoms with Gasteiger partial charge in [-0.25, -0.2) is 18.1 Å². The summed E-state index contributed by atoms with van der Waals surface area (Å²) in [6.45, 7) is 2.67. The zero-order chi connectivity index (χ0) is 14.5. The zero-order valence-electron chi connectivity index (χ0n) is 11.8. The van der Waals surface area contributed by atoms with Gasteiger partial charge in [-0.1, -0.05) is 0 Å². The highest BCUT2D eigenvalue weighted by molar-refractivity contribution is 7.89. The lowest BCUT2D eigenvalue weighted by atomic mass is 10.2. The summed E-state index contributed by atoms with van der Waals surface area (Å²) in [6.07, 6.45) is 2.22. The number of anilines is 1. The minimum Gasteiger partial charge on any atom is -0.386 e. The van der Waals surface area contributed by atoms with E-state index < -0.39 is 10.0 Å². The third-order valence-electron chi connectivity index (χ3n) is 2.66. The smallest absolute Gasteiger partial charge is 0.260 e. The van der Waals surface area contributed by atoms with Gasteiger partial charge in [0, 0.05) is 19.3 Å². The van der Waals surface area contributed by atoms with Gasteiger partial charge in [-0.05, 0) is 46.1 Å². The van der Waals surface area contributed by atoms with Gasteiger partial charge in [0.25, 0.3) is 10.0 Å². The highest BCUT2D eigenvalue weighted by Crippen LogP contribution is 2.17. The molecule has 0 aliphatic rings. The Balaban J connectivity index is 2.81. The van der Waals surface area contributed by atoms with E-state index in [0.717, 1.165) is 13.0 Å². The molecule has 19 heavy (non-hydrogen) atoms. The molecule has 108 valence electrons. The number of nitrogens with one attached hydrogen (secondary N) is 2. The van der Waals surface area contributed by atoms with Crippen molar-refractivity contribution in [2.75, 3.05) is 33.0 Å². The largest absolute Gasteiger partial charge is 0.386 e. The predicted molar refractivity (Wildman–Crippen MR) is 76.7 cm³/mol. The van der Waals surface area contributed by atoms with Crippen LogP contribution < -0.4 is 10.0 Å². The number of sulfonamides is 1. The highest BCUT2D eigenvalue weighted by atomic mass is 32.2. The standard InChI is InChI=1S/C12H22N4O2S/c1-10(7-9-16(3)4)15-19(17,18)12-11(13-2)6-5-8-14-12/h5-6,8,10,13,15H,7,9H2,1-4H3. The molecule has 1 rings (SSSR count). The first-order valence-corrected chi connectivity index (χ1v) is 7.65. The van der Waals surface area contributed by atoms with Gasteiger partial charge >= 0.3 is 0 Å². The van der Waals surface area contributed by atoms with Crippen molar-refractivity contribution in [3.8, 4) is 0 Å². The summed E-state index contributed by atoms with van der Waals surface area (Å²) < 4.78 is 27.1. The summed E-state index contributed by atoms with van der Waals surface area (Å²) in [7, 11) is 1.99. The SMILES string of the molecule is CNc1cccnc1S(=O)(=O)NC(C)CCN(C)C. The van der Waals surface area contributed by atoms with Crippen LogP contribution in [0.4, 0.5) is 5.69 Å². The van der Waals surface area contributed by atoms with Crippen LogP contribution in [0, 0.1) is 0 Å². The number of nitrogens with zero attached hydrogens (tertiary/aromatic N) is 2. The Bertz CT molecular complexity index is 502. The topological polar surface area (TPSA) is 74.3 Å². The van der Waals surface area contributed by atoms with Gasteiger partial charge in [0.15, 0.2) is 5.03 Å². The molecule has 0 radical (unpaired) electrons. The van der Waals surface area contributed by atoms with Crippen molar-refractivity contribution in [3.63, 3.8) is 0 Å². The van der Waals surface area contributed by atoms with Crippen molar-refractivity contribution in [2.45, 2.75) is 24.4 Å². The van der Waals surface area contributed by atoms with Crippen LogP contribution in [0.1, 0.15) is 13.3 Å². The molecule has 1 atom stereocenters. The molecular weight excluding hydrogens is 264 g/mol. The van der Waals surface area contributed by atoms with Gasteiger partial charge in [-0.2, -0.15) is 0 Å². The summed E-state index contributed by atoms with van der Waals surface area (Å²) in [5.74, 6) is 0. The first-order chi connectivity index (χ1) is 8.86. The number of rotatable bonds is 7. The van der Waals surface area contributed by atoms with Crippen molar-refractivity contribution in [2.24, 2.45) is 0 Å². The van der Waals surface area contributed by atoms with Crippen LogP contribution in [-0.4, -0.2) is 52.0 Å². The number of pyridine rings is 1. The van der Waals surface area contributed by atoms with Gasteiger partial charge in [0.2, 0.25) is 0 Å². The van der Waals surface area contributed by atoms with Crippen molar-refractivity contribution in [1.29, 1.82) is 0 Å².